The minimum Gasteiger partial charge on any atom is -0.756 e. The molecule has 0 aliphatic rings. The van der Waals surface area contributed by atoms with E-state index in [0.29, 0.717) is 17.4 Å². The van der Waals surface area contributed by atoms with Crippen LogP contribution in [0.1, 0.15) is 322 Å². The number of carbonyl (C=O) groups excluding carboxylic acids is 1. The number of aliphatic hydroxyl groups is 1. The summed E-state index contributed by atoms with van der Waals surface area (Å²) >= 11 is 0. The average molecular weight is 1250 g/mol. The van der Waals surface area contributed by atoms with E-state index in [9.17, 15) is 19.4 Å². The van der Waals surface area contributed by atoms with E-state index in [1.54, 1.807) is 6.08 Å². The fourth-order valence-electron chi connectivity index (χ4n) is 10.5. The summed E-state index contributed by atoms with van der Waals surface area (Å²) in [6.45, 7) is 4.56. The number of amides is 1. The lowest BCUT2D eigenvalue weighted by molar-refractivity contribution is -0.870. The summed E-state index contributed by atoms with van der Waals surface area (Å²) in [6, 6.07) is -0.900. The highest BCUT2D eigenvalue weighted by atomic mass is 31.2. The molecule has 3 unspecified atom stereocenters. The van der Waals surface area contributed by atoms with E-state index in [1.807, 2.05) is 27.2 Å². The fraction of sp³-hybridized carbons (Fsp3) is 0.734. The Kier molecular flexibility index (Phi) is 65.9. The number of allylic oxidation sites excluding steroid dienone is 19. The summed E-state index contributed by atoms with van der Waals surface area (Å²) < 4.78 is 23.5. The van der Waals surface area contributed by atoms with Crippen molar-refractivity contribution in [1.29, 1.82) is 0 Å². The van der Waals surface area contributed by atoms with Crippen LogP contribution >= 0.6 is 7.82 Å². The van der Waals surface area contributed by atoms with Gasteiger partial charge in [-0.1, -0.05) is 347 Å². The Balaban J connectivity index is 4.11. The Morgan fingerprint density at radius 1 is 0.409 bits per heavy atom. The maximum atomic E-state index is 13.1. The standard InChI is InChI=1S/C79H141N2O6P/c1-6-8-10-12-14-16-18-20-22-24-26-28-30-32-34-36-37-38-39-40-41-42-43-45-47-49-51-53-55-57-59-61-63-65-67-69-71-73-79(83)80-77(76-87-88(84,85)86-75-74-81(3,4)5)78(82)72-70-68-66-64-62-60-58-56-54-52-50-48-46-44-35-33-31-29-27-25-23-21-19-17-15-13-11-9-7-2/h8,10,14,16,20,22,26,28,32,34,37-38,40-41,43,45,49,51,70,72,77-78,82H,6-7,9,11-13,15,17-19,21,23-25,27,29-31,33,35-36,39,42,44,46-48,50,52-69,71,73-76H2,1-5H3,(H-,80,83,84,85)/b10-8-,16-14-,22-20-,28-26-,34-32-,38-37-,41-40-,45-43-,51-49-,72-70+. The Morgan fingerprint density at radius 3 is 1.01 bits per heavy atom. The third-order valence-electron chi connectivity index (χ3n) is 16.2. The first kappa shape index (κ1) is 84.9. The molecule has 0 saturated carbocycles. The number of phosphoric acid groups is 1. The normalized spacial score (nSPS) is 14.3. The zero-order valence-electron chi connectivity index (χ0n) is 58.1. The number of hydrogen-bond donors (Lipinski definition) is 2. The first-order chi connectivity index (χ1) is 43.0. The molecule has 0 fully saturated rings. The predicted molar refractivity (Wildman–Crippen MR) is 385 cm³/mol. The highest BCUT2D eigenvalue weighted by Crippen LogP contribution is 2.38. The second-order valence-electron chi connectivity index (χ2n) is 25.9. The van der Waals surface area contributed by atoms with Crippen molar-refractivity contribution in [3.63, 3.8) is 0 Å². The lowest BCUT2D eigenvalue weighted by atomic mass is 10.0. The molecule has 1 amide bonds. The van der Waals surface area contributed by atoms with Gasteiger partial charge in [-0.15, -0.1) is 0 Å². The number of rotatable bonds is 67. The SMILES string of the molecule is CC/C=C\C/C=C\C/C=C\C/C=C\C/C=C\C/C=C\C/C=C\C/C=C\C/C=C\CCCCCCCCCCCC(=O)NC(COP(=O)([O-])OCC[N+](C)(C)C)C(O)/C=C/CCCCCCCCCCCCCCCCCCCCCCCCCCCCC. The Hall–Kier alpha value is -3.10. The molecule has 0 aromatic carbocycles. The quantitative estimate of drug-likeness (QED) is 0.0272. The molecule has 0 spiro atoms. The predicted octanol–water partition coefficient (Wildman–Crippen LogP) is 23.4. The van der Waals surface area contributed by atoms with E-state index < -0.39 is 20.0 Å². The molecule has 0 rings (SSSR count). The van der Waals surface area contributed by atoms with Crippen molar-refractivity contribution in [3.8, 4) is 0 Å². The lowest BCUT2D eigenvalue weighted by Crippen LogP contribution is -2.45. The largest absolute Gasteiger partial charge is 0.756 e. The smallest absolute Gasteiger partial charge is 0.268 e. The maximum Gasteiger partial charge on any atom is 0.268 e. The number of nitrogens with one attached hydrogen (secondary N) is 1. The molecule has 508 valence electrons. The minimum atomic E-state index is -4.62. The second kappa shape index (κ2) is 68.3. The van der Waals surface area contributed by atoms with E-state index in [1.165, 1.54) is 193 Å². The molecule has 0 aliphatic heterocycles. The van der Waals surface area contributed by atoms with E-state index in [0.717, 1.165) is 109 Å². The summed E-state index contributed by atoms with van der Waals surface area (Å²) in [5.41, 5.74) is 0. The number of nitrogens with zero attached hydrogens (tertiary/aromatic N) is 1. The van der Waals surface area contributed by atoms with Crippen LogP contribution in [0.3, 0.4) is 0 Å². The molecule has 88 heavy (non-hydrogen) atoms. The van der Waals surface area contributed by atoms with Gasteiger partial charge in [-0.2, -0.15) is 0 Å². The fourth-order valence-corrected chi connectivity index (χ4v) is 11.2. The van der Waals surface area contributed by atoms with Crippen LogP contribution in [0.5, 0.6) is 0 Å². The van der Waals surface area contributed by atoms with Crippen LogP contribution in [0.25, 0.3) is 0 Å². The first-order valence-electron chi connectivity index (χ1n) is 36.9. The third-order valence-corrected chi connectivity index (χ3v) is 17.1. The lowest BCUT2D eigenvalue weighted by Gasteiger charge is -2.29. The van der Waals surface area contributed by atoms with Gasteiger partial charge in [-0.05, 0) is 89.9 Å². The molecule has 0 radical (unpaired) electrons. The van der Waals surface area contributed by atoms with Gasteiger partial charge in [0.05, 0.1) is 39.9 Å². The second-order valence-corrected chi connectivity index (χ2v) is 27.3. The number of likely N-dealkylation sites (N-methyl/N-ethyl adjacent to an activating group) is 1. The Bertz CT molecular complexity index is 1850. The molecule has 0 aromatic heterocycles. The highest BCUT2D eigenvalue weighted by molar-refractivity contribution is 7.45. The van der Waals surface area contributed by atoms with Crippen molar-refractivity contribution in [2.75, 3.05) is 40.9 Å². The maximum absolute atomic E-state index is 13.1. The Morgan fingerprint density at radius 2 is 0.693 bits per heavy atom. The van der Waals surface area contributed by atoms with Gasteiger partial charge in [0.1, 0.15) is 13.2 Å². The highest BCUT2D eigenvalue weighted by Gasteiger charge is 2.23. The van der Waals surface area contributed by atoms with Crippen LogP contribution in [0, 0.1) is 0 Å². The number of unbranched alkanes of at least 4 members (excludes halogenated alkanes) is 36. The van der Waals surface area contributed by atoms with Crippen LogP contribution in [0.4, 0.5) is 0 Å². The van der Waals surface area contributed by atoms with Crippen molar-refractivity contribution < 1.29 is 32.9 Å². The summed E-state index contributed by atoms with van der Waals surface area (Å²) in [6.07, 6.45) is 102. The van der Waals surface area contributed by atoms with E-state index in [4.69, 9.17) is 9.05 Å². The molecule has 0 saturated heterocycles. The van der Waals surface area contributed by atoms with Gasteiger partial charge in [0, 0.05) is 6.42 Å². The first-order valence-corrected chi connectivity index (χ1v) is 38.4. The summed E-state index contributed by atoms with van der Waals surface area (Å²) in [5, 5.41) is 14.0. The monoisotopic (exact) mass is 1250 g/mol. The topological polar surface area (TPSA) is 108 Å². The van der Waals surface area contributed by atoms with Gasteiger partial charge in [0.25, 0.3) is 7.82 Å². The van der Waals surface area contributed by atoms with Gasteiger partial charge in [-0.25, -0.2) is 0 Å². The minimum absolute atomic E-state index is 0.00712. The molecule has 0 heterocycles. The molecular formula is C79H141N2O6P. The van der Waals surface area contributed by atoms with Gasteiger partial charge >= 0.3 is 0 Å². The zero-order chi connectivity index (χ0) is 64.1. The van der Waals surface area contributed by atoms with Crippen molar-refractivity contribution in [2.24, 2.45) is 0 Å². The molecule has 2 N–H and O–H groups in total. The number of aliphatic hydroxyl groups excluding tert-OH is 1. The molecule has 9 heteroatoms. The summed E-state index contributed by atoms with van der Waals surface area (Å²) in [4.78, 5) is 25.7. The zero-order valence-corrected chi connectivity index (χ0v) is 59.0. The van der Waals surface area contributed by atoms with Crippen LogP contribution in [0.15, 0.2) is 122 Å². The van der Waals surface area contributed by atoms with Gasteiger partial charge in [0.2, 0.25) is 5.91 Å². The van der Waals surface area contributed by atoms with Crippen LogP contribution < -0.4 is 10.2 Å². The average Bonchev–Trinajstić information content (AvgIpc) is 3.70. The molecule has 3 atom stereocenters. The number of hydrogen-bond acceptors (Lipinski definition) is 6. The number of phosphoric ester groups is 1. The van der Waals surface area contributed by atoms with E-state index >= 15 is 0 Å². The number of carbonyl (C=O) groups is 1. The van der Waals surface area contributed by atoms with Crippen molar-refractivity contribution in [3.05, 3.63) is 122 Å². The molecule has 8 nitrogen and oxygen atoms in total. The molecule has 0 aliphatic carbocycles. The van der Waals surface area contributed by atoms with Gasteiger partial charge in [0.15, 0.2) is 0 Å². The van der Waals surface area contributed by atoms with E-state index in [-0.39, 0.29) is 19.1 Å². The summed E-state index contributed by atoms with van der Waals surface area (Å²) in [5.74, 6) is -0.205. The molecular weight excluding hydrogens is 1100 g/mol. The van der Waals surface area contributed by atoms with Crippen molar-refractivity contribution >= 4 is 13.7 Å². The Labute approximate surface area is 545 Å². The molecule has 0 bridgehead atoms. The van der Waals surface area contributed by atoms with Crippen LogP contribution in [-0.4, -0.2) is 68.5 Å². The van der Waals surface area contributed by atoms with Crippen LogP contribution in [-0.2, 0) is 18.4 Å². The third kappa shape index (κ3) is 70.4. The molecule has 0 aromatic rings. The van der Waals surface area contributed by atoms with E-state index in [2.05, 4.69) is 129 Å². The van der Waals surface area contributed by atoms with Crippen molar-refractivity contribution in [1.82, 2.24) is 5.32 Å². The van der Waals surface area contributed by atoms with Crippen LogP contribution in [0.2, 0.25) is 0 Å². The van der Waals surface area contributed by atoms with Crippen molar-refractivity contribution in [2.45, 2.75) is 334 Å². The van der Waals surface area contributed by atoms with Gasteiger partial charge in [-0.3, -0.25) is 9.36 Å². The summed E-state index contributed by atoms with van der Waals surface area (Å²) in [7, 11) is 1.25. The van der Waals surface area contributed by atoms with Gasteiger partial charge < -0.3 is 28.8 Å². The number of quaternary nitrogens is 1.